The van der Waals surface area contributed by atoms with Crippen molar-refractivity contribution in [1.29, 1.82) is 0 Å². The van der Waals surface area contributed by atoms with Crippen LogP contribution in [0, 0.1) is 0 Å². The third-order valence-electron chi connectivity index (χ3n) is 1.72. The molecule has 6 N–H and O–H groups in total. The fourth-order valence-electron chi connectivity index (χ4n) is 0.892. The summed E-state index contributed by atoms with van der Waals surface area (Å²) in [7, 11) is -4.77. The average molecular weight is 246 g/mol. The molecule has 0 aromatic heterocycles. The second-order valence-corrected chi connectivity index (χ2v) is 4.22. The van der Waals surface area contributed by atoms with Gasteiger partial charge in [-0.05, 0) is 6.92 Å². The lowest BCUT2D eigenvalue weighted by molar-refractivity contribution is -0.108. The minimum atomic E-state index is -4.77. The number of aliphatic hydroxyl groups excluding tert-OH is 4. The number of phosphoric ester groups is 1. The second kappa shape index (κ2) is 5.88. The Morgan fingerprint density at radius 1 is 1.20 bits per heavy atom. The maximum Gasteiger partial charge on any atom is 0.469 e. The quantitative estimate of drug-likeness (QED) is 0.283. The molecule has 0 spiro atoms. The normalized spacial score (nSPS) is 20.7. The van der Waals surface area contributed by atoms with Gasteiger partial charge in [0, 0.05) is 0 Å². The van der Waals surface area contributed by atoms with Gasteiger partial charge >= 0.3 is 7.82 Å². The Morgan fingerprint density at radius 3 is 2.00 bits per heavy atom. The molecule has 0 radical (unpaired) electrons. The van der Waals surface area contributed by atoms with Crippen molar-refractivity contribution in [2.24, 2.45) is 0 Å². The van der Waals surface area contributed by atoms with E-state index >= 15 is 0 Å². The Bertz CT molecular complexity index is 227. The number of hydrogen-bond donors (Lipinski definition) is 6. The van der Waals surface area contributed by atoms with Crippen molar-refractivity contribution >= 4 is 7.82 Å². The van der Waals surface area contributed by atoms with Crippen LogP contribution in [0.15, 0.2) is 0 Å². The lowest BCUT2D eigenvalue weighted by Crippen LogP contribution is -2.45. The van der Waals surface area contributed by atoms with Gasteiger partial charge in [-0.15, -0.1) is 0 Å². The second-order valence-electron chi connectivity index (χ2n) is 3.03. The SMILES string of the molecule is C[C@@H](OP(=O)(O)O)[C@@H](O)[C@H](O)[C@H](O)CO. The smallest absolute Gasteiger partial charge is 0.394 e. The molecule has 0 rings (SSSR count). The van der Waals surface area contributed by atoms with Crippen LogP contribution in [0.25, 0.3) is 0 Å². The summed E-state index contributed by atoms with van der Waals surface area (Å²) in [6.45, 7) is 0.317. The molecule has 0 unspecified atom stereocenters. The Morgan fingerprint density at radius 2 is 1.67 bits per heavy atom. The van der Waals surface area contributed by atoms with E-state index in [0.29, 0.717) is 0 Å². The molecular weight excluding hydrogens is 231 g/mol. The van der Waals surface area contributed by atoms with E-state index in [9.17, 15) is 9.67 Å². The average Bonchev–Trinajstić information content (AvgIpc) is 2.11. The number of hydrogen-bond acceptors (Lipinski definition) is 6. The lowest BCUT2D eigenvalue weighted by atomic mass is 10.0. The molecule has 0 aliphatic carbocycles. The number of phosphoric acid groups is 1. The zero-order valence-electron chi connectivity index (χ0n) is 7.96. The monoisotopic (exact) mass is 246 g/mol. The van der Waals surface area contributed by atoms with E-state index < -0.39 is 38.8 Å². The topological polar surface area (TPSA) is 148 Å². The molecule has 0 aliphatic rings. The van der Waals surface area contributed by atoms with Crippen molar-refractivity contribution < 1.29 is 39.3 Å². The minimum absolute atomic E-state index is 0.791. The van der Waals surface area contributed by atoms with Gasteiger partial charge in [0.2, 0.25) is 0 Å². The zero-order valence-corrected chi connectivity index (χ0v) is 8.86. The van der Waals surface area contributed by atoms with Crippen molar-refractivity contribution in [2.45, 2.75) is 31.3 Å². The van der Waals surface area contributed by atoms with Crippen LogP contribution < -0.4 is 0 Å². The van der Waals surface area contributed by atoms with Crippen molar-refractivity contribution in [3.05, 3.63) is 0 Å². The molecule has 92 valence electrons. The summed E-state index contributed by atoms with van der Waals surface area (Å²) in [5.74, 6) is 0. The van der Waals surface area contributed by atoms with Gasteiger partial charge in [-0.25, -0.2) is 4.57 Å². The van der Waals surface area contributed by atoms with Crippen LogP contribution >= 0.6 is 7.82 Å². The van der Waals surface area contributed by atoms with Gasteiger partial charge in [0.1, 0.15) is 18.3 Å². The molecule has 0 saturated heterocycles. The fraction of sp³-hybridized carbons (Fsp3) is 1.00. The molecule has 15 heavy (non-hydrogen) atoms. The maximum absolute atomic E-state index is 10.4. The van der Waals surface area contributed by atoms with Gasteiger partial charge in [-0.1, -0.05) is 0 Å². The fourth-order valence-corrected chi connectivity index (χ4v) is 1.45. The Hall–Kier alpha value is -0.0500. The Kier molecular flexibility index (Phi) is 5.86. The van der Waals surface area contributed by atoms with Gasteiger partial charge in [-0.3, -0.25) is 4.52 Å². The highest BCUT2D eigenvalue weighted by Crippen LogP contribution is 2.38. The third-order valence-corrected chi connectivity index (χ3v) is 2.32. The first-order valence-electron chi connectivity index (χ1n) is 4.08. The summed E-state index contributed by atoms with van der Waals surface area (Å²) in [5.41, 5.74) is 0. The highest BCUT2D eigenvalue weighted by molar-refractivity contribution is 7.46. The van der Waals surface area contributed by atoms with Crippen LogP contribution in [0.3, 0.4) is 0 Å². The largest absolute Gasteiger partial charge is 0.469 e. The van der Waals surface area contributed by atoms with Gasteiger partial charge in [0.15, 0.2) is 0 Å². The van der Waals surface area contributed by atoms with E-state index in [1.54, 1.807) is 0 Å². The zero-order chi connectivity index (χ0) is 12.2. The molecule has 9 heteroatoms. The van der Waals surface area contributed by atoms with Crippen LogP contribution in [0.2, 0.25) is 0 Å². The van der Waals surface area contributed by atoms with E-state index in [-0.39, 0.29) is 0 Å². The van der Waals surface area contributed by atoms with E-state index in [1.165, 1.54) is 0 Å². The van der Waals surface area contributed by atoms with Crippen LogP contribution in [0.1, 0.15) is 6.92 Å². The minimum Gasteiger partial charge on any atom is -0.394 e. The summed E-state index contributed by atoms with van der Waals surface area (Å²) >= 11 is 0. The molecule has 0 saturated carbocycles. The lowest BCUT2D eigenvalue weighted by Gasteiger charge is -2.26. The van der Waals surface area contributed by atoms with Crippen LogP contribution in [-0.2, 0) is 9.09 Å². The standard InChI is InChI=1S/C6H15O8P/c1-3(14-15(11,12)13)5(9)6(10)4(8)2-7/h3-10H,2H2,1H3,(H2,11,12,13)/t3-,4-,5-,6-/m1/s1. The highest BCUT2D eigenvalue weighted by atomic mass is 31.2. The molecule has 0 bridgehead atoms. The van der Waals surface area contributed by atoms with Crippen molar-refractivity contribution in [3.8, 4) is 0 Å². The highest BCUT2D eigenvalue weighted by Gasteiger charge is 2.32. The van der Waals surface area contributed by atoms with Crippen molar-refractivity contribution in [2.75, 3.05) is 6.61 Å². The van der Waals surface area contributed by atoms with Gasteiger partial charge in [0.05, 0.1) is 12.7 Å². The molecule has 0 aromatic carbocycles. The summed E-state index contributed by atoms with van der Waals surface area (Å²) in [5, 5.41) is 35.8. The summed E-state index contributed by atoms with van der Waals surface area (Å²) in [4.78, 5) is 16.8. The van der Waals surface area contributed by atoms with Gasteiger partial charge in [0.25, 0.3) is 0 Å². The van der Waals surface area contributed by atoms with E-state index in [2.05, 4.69) is 4.52 Å². The van der Waals surface area contributed by atoms with Crippen LogP contribution in [-0.4, -0.2) is 61.2 Å². The summed E-state index contributed by atoms with van der Waals surface area (Å²) < 4.78 is 14.5. The van der Waals surface area contributed by atoms with Gasteiger partial charge < -0.3 is 30.2 Å². The first-order valence-corrected chi connectivity index (χ1v) is 5.61. The predicted octanol–water partition coefficient (Wildman–Crippen LogP) is -2.44. The maximum atomic E-state index is 10.4. The molecule has 0 aromatic rings. The molecule has 8 nitrogen and oxygen atoms in total. The van der Waals surface area contributed by atoms with Crippen LogP contribution in [0.4, 0.5) is 0 Å². The molecule has 0 amide bonds. The van der Waals surface area contributed by atoms with Crippen LogP contribution in [0.5, 0.6) is 0 Å². The third kappa shape index (κ3) is 5.55. The predicted molar refractivity (Wildman–Crippen MR) is 47.7 cm³/mol. The van der Waals surface area contributed by atoms with E-state index in [0.717, 1.165) is 6.92 Å². The number of rotatable bonds is 6. The molecular formula is C6H15O8P. The van der Waals surface area contributed by atoms with Crippen molar-refractivity contribution in [3.63, 3.8) is 0 Å². The Labute approximate surface area is 86.0 Å². The molecule has 0 aliphatic heterocycles. The van der Waals surface area contributed by atoms with E-state index in [1.807, 2.05) is 0 Å². The first-order chi connectivity index (χ1) is 6.69. The van der Waals surface area contributed by atoms with E-state index in [4.69, 9.17) is 25.1 Å². The molecule has 0 heterocycles. The van der Waals surface area contributed by atoms with Crippen molar-refractivity contribution in [1.82, 2.24) is 0 Å². The van der Waals surface area contributed by atoms with Gasteiger partial charge in [-0.2, -0.15) is 0 Å². The Balaban J connectivity index is 4.31. The number of aliphatic hydroxyl groups is 4. The first kappa shape index (κ1) is 14.9. The molecule has 0 fully saturated rings. The summed E-state index contributed by atoms with van der Waals surface area (Å²) in [6, 6.07) is 0. The molecule has 4 atom stereocenters. The summed E-state index contributed by atoms with van der Waals surface area (Å²) in [6.07, 6.45) is -6.47.